The van der Waals surface area contributed by atoms with Gasteiger partial charge in [0, 0.05) is 7.11 Å². The molecule has 0 aliphatic rings. The van der Waals surface area contributed by atoms with Crippen LogP contribution >= 0.6 is 0 Å². The van der Waals surface area contributed by atoms with E-state index in [-0.39, 0.29) is 5.75 Å². The van der Waals surface area contributed by atoms with E-state index in [0.29, 0.717) is 5.75 Å². The lowest BCUT2D eigenvalue weighted by molar-refractivity contribution is 0.399. The van der Waals surface area contributed by atoms with Crippen LogP contribution in [0.4, 0.5) is 0 Å². The van der Waals surface area contributed by atoms with Gasteiger partial charge in [-0.05, 0) is 47.9 Å². The van der Waals surface area contributed by atoms with Crippen LogP contribution in [0.25, 0.3) is 12.2 Å². The predicted octanol–water partition coefficient (Wildman–Crippen LogP) is 4.41. The third kappa shape index (κ3) is 8.31. The third-order valence-electron chi connectivity index (χ3n) is 2.89. The van der Waals surface area contributed by atoms with Crippen LogP contribution in [-0.4, -0.2) is 17.3 Å². The molecule has 0 radical (unpaired) electrons. The first-order chi connectivity index (χ1) is 12.3. The van der Waals surface area contributed by atoms with Crippen molar-refractivity contribution in [1.29, 1.82) is 0 Å². The van der Waals surface area contributed by atoms with Crippen molar-refractivity contribution in [3.05, 3.63) is 72.0 Å². The lowest BCUT2D eigenvalue weighted by atomic mass is 10.1. The van der Waals surface area contributed by atoms with Gasteiger partial charge in [0.05, 0.1) is 6.26 Å². The Kier molecular flexibility index (Phi) is 9.77. The number of phenolic OH excluding ortho intramolecular Hbond substituents is 1. The molecule has 0 amide bonds. The minimum Gasteiger partial charge on any atom is -0.508 e. The van der Waals surface area contributed by atoms with Crippen LogP contribution in [0, 0.1) is 12.2 Å². The molecule has 4 heteroatoms. The SMILES string of the molecule is CC/C=C/OC#COc1cccc(/C=C/c2ccc(O)cc2)c1.CO. The first-order valence-corrected chi connectivity index (χ1v) is 7.77. The smallest absolute Gasteiger partial charge is 0.161 e. The van der Waals surface area contributed by atoms with Crippen LogP contribution in [-0.2, 0) is 4.74 Å². The Labute approximate surface area is 148 Å². The van der Waals surface area contributed by atoms with Gasteiger partial charge in [0.1, 0.15) is 11.5 Å². The Morgan fingerprint density at radius 2 is 1.68 bits per heavy atom. The standard InChI is InChI=1S/C20H18O3.CH4O/c1-2-3-13-22-14-15-23-20-6-4-5-18(16-20)8-7-17-9-11-19(21)12-10-17;1-2/h3-13,16,21H,2H2,1H3;2H,1H3/b8-7+,13-3+;. The van der Waals surface area contributed by atoms with E-state index in [0.717, 1.165) is 24.7 Å². The number of benzene rings is 2. The summed E-state index contributed by atoms with van der Waals surface area (Å²) in [5.74, 6) is 0.903. The zero-order valence-electron chi connectivity index (χ0n) is 14.3. The molecular weight excluding hydrogens is 316 g/mol. The summed E-state index contributed by atoms with van der Waals surface area (Å²) in [7, 11) is 1.00. The molecule has 0 bridgehead atoms. The summed E-state index contributed by atoms with van der Waals surface area (Å²) >= 11 is 0. The Hall–Kier alpha value is -3.16. The number of ether oxygens (including phenoxy) is 2. The Balaban J connectivity index is 0.00000151. The third-order valence-corrected chi connectivity index (χ3v) is 2.89. The van der Waals surface area contributed by atoms with Crippen LogP contribution in [0.1, 0.15) is 24.5 Å². The molecule has 25 heavy (non-hydrogen) atoms. The second-order valence-electron chi connectivity index (χ2n) is 4.70. The molecule has 2 rings (SSSR count). The fourth-order valence-electron chi connectivity index (χ4n) is 1.74. The van der Waals surface area contributed by atoms with Crippen molar-refractivity contribution >= 4 is 12.2 Å². The van der Waals surface area contributed by atoms with Gasteiger partial charge in [-0.2, -0.15) is 0 Å². The zero-order chi connectivity index (χ0) is 18.3. The molecule has 2 aromatic rings. The molecule has 0 atom stereocenters. The van der Waals surface area contributed by atoms with Gasteiger partial charge in [-0.15, -0.1) is 0 Å². The van der Waals surface area contributed by atoms with Crippen molar-refractivity contribution in [1.82, 2.24) is 0 Å². The van der Waals surface area contributed by atoms with Crippen LogP contribution in [0.5, 0.6) is 11.5 Å². The van der Waals surface area contributed by atoms with Crippen molar-refractivity contribution in [2.45, 2.75) is 13.3 Å². The molecule has 0 saturated carbocycles. The Morgan fingerprint density at radius 1 is 0.960 bits per heavy atom. The number of aliphatic hydroxyl groups is 1. The maximum Gasteiger partial charge on any atom is 0.161 e. The topological polar surface area (TPSA) is 58.9 Å². The molecule has 0 spiro atoms. The number of aliphatic hydroxyl groups excluding tert-OH is 1. The number of aromatic hydroxyl groups is 1. The van der Waals surface area contributed by atoms with Gasteiger partial charge in [-0.3, -0.25) is 0 Å². The molecule has 0 aliphatic carbocycles. The van der Waals surface area contributed by atoms with Crippen molar-refractivity contribution < 1.29 is 19.7 Å². The normalized spacial score (nSPS) is 9.88. The maximum absolute atomic E-state index is 9.26. The van der Waals surface area contributed by atoms with E-state index in [1.165, 1.54) is 6.26 Å². The highest BCUT2D eigenvalue weighted by Gasteiger charge is 1.94. The van der Waals surface area contributed by atoms with E-state index in [9.17, 15) is 5.11 Å². The van der Waals surface area contributed by atoms with Gasteiger partial charge in [0.25, 0.3) is 0 Å². The number of allylic oxidation sites excluding steroid dienone is 1. The highest BCUT2D eigenvalue weighted by atomic mass is 16.5. The van der Waals surface area contributed by atoms with E-state index >= 15 is 0 Å². The number of hydrogen-bond acceptors (Lipinski definition) is 4. The molecule has 2 N–H and O–H groups in total. The molecule has 0 heterocycles. The van der Waals surface area contributed by atoms with Crippen LogP contribution < -0.4 is 4.74 Å². The maximum atomic E-state index is 9.26. The fraction of sp³-hybridized carbons (Fsp3) is 0.143. The lowest BCUT2D eigenvalue weighted by Gasteiger charge is -1.99. The summed E-state index contributed by atoms with van der Waals surface area (Å²) in [6.07, 6.45) is 13.2. The highest BCUT2D eigenvalue weighted by Crippen LogP contribution is 2.16. The molecule has 0 aliphatic heterocycles. The number of hydrogen-bond donors (Lipinski definition) is 2. The largest absolute Gasteiger partial charge is 0.508 e. The first-order valence-electron chi connectivity index (χ1n) is 7.77. The van der Waals surface area contributed by atoms with E-state index in [4.69, 9.17) is 14.6 Å². The van der Waals surface area contributed by atoms with Crippen molar-refractivity contribution in [3.8, 4) is 23.7 Å². The van der Waals surface area contributed by atoms with Gasteiger partial charge < -0.3 is 19.7 Å². The first kappa shape index (κ1) is 19.9. The monoisotopic (exact) mass is 338 g/mol. The van der Waals surface area contributed by atoms with Crippen LogP contribution in [0.2, 0.25) is 0 Å². The molecule has 0 saturated heterocycles. The summed E-state index contributed by atoms with van der Waals surface area (Å²) in [4.78, 5) is 0. The second kappa shape index (κ2) is 12.3. The van der Waals surface area contributed by atoms with Crippen LogP contribution in [0.3, 0.4) is 0 Å². The summed E-state index contributed by atoms with van der Waals surface area (Å²) in [6.45, 7) is 2.01. The number of phenols is 1. The molecule has 0 fully saturated rings. The minimum atomic E-state index is 0.257. The van der Waals surface area contributed by atoms with Gasteiger partial charge in [0.15, 0.2) is 12.2 Å². The van der Waals surface area contributed by atoms with Crippen molar-refractivity contribution in [3.63, 3.8) is 0 Å². The van der Waals surface area contributed by atoms with Crippen molar-refractivity contribution in [2.75, 3.05) is 7.11 Å². The predicted molar refractivity (Wildman–Crippen MR) is 101 cm³/mol. The van der Waals surface area contributed by atoms with E-state index < -0.39 is 0 Å². The summed E-state index contributed by atoms with van der Waals surface area (Å²) in [6, 6.07) is 14.6. The summed E-state index contributed by atoms with van der Waals surface area (Å²) in [5.41, 5.74) is 1.99. The quantitative estimate of drug-likeness (QED) is 0.482. The summed E-state index contributed by atoms with van der Waals surface area (Å²) in [5, 5.41) is 16.3. The molecule has 2 aromatic carbocycles. The lowest BCUT2D eigenvalue weighted by Crippen LogP contribution is -1.83. The molecule has 4 nitrogen and oxygen atoms in total. The van der Waals surface area contributed by atoms with Gasteiger partial charge in [-0.25, -0.2) is 0 Å². The van der Waals surface area contributed by atoms with E-state index in [1.807, 2.05) is 61.5 Å². The number of rotatable bonds is 5. The molecule has 0 unspecified atom stereocenters. The fourth-order valence-corrected chi connectivity index (χ4v) is 1.74. The average Bonchev–Trinajstić information content (AvgIpc) is 2.66. The molecule has 0 aromatic heterocycles. The summed E-state index contributed by atoms with van der Waals surface area (Å²) < 4.78 is 10.2. The van der Waals surface area contributed by atoms with E-state index in [2.05, 4.69) is 12.2 Å². The Bertz CT molecular complexity index is 734. The molecule has 130 valence electrons. The van der Waals surface area contributed by atoms with E-state index in [1.54, 1.807) is 12.1 Å². The van der Waals surface area contributed by atoms with Gasteiger partial charge in [-0.1, -0.05) is 43.3 Å². The molecular formula is C21H22O4. The highest BCUT2D eigenvalue weighted by molar-refractivity contribution is 5.70. The minimum absolute atomic E-state index is 0.257. The second-order valence-corrected chi connectivity index (χ2v) is 4.70. The van der Waals surface area contributed by atoms with Crippen LogP contribution in [0.15, 0.2) is 60.9 Å². The zero-order valence-corrected chi connectivity index (χ0v) is 14.3. The average molecular weight is 338 g/mol. The van der Waals surface area contributed by atoms with Gasteiger partial charge >= 0.3 is 0 Å². The van der Waals surface area contributed by atoms with Gasteiger partial charge in [0.2, 0.25) is 0 Å². The van der Waals surface area contributed by atoms with Crippen molar-refractivity contribution in [2.24, 2.45) is 0 Å². The Morgan fingerprint density at radius 3 is 2.40 bits per heavy atom.